The number of rotatable bonds is 6. The van der Waals surface area contributed by atoms with Gasteiger partial charge < -0.3 is 15.1 Å². The molecule has 2 heterocycles. The molecule has 1 N–H and O–H groups in total. The lowest BCUT2D eigenvalue weighted by atomic mass is 10.0. The predicted octanol–water partition coefficient (Wildman–Crippen LogP) is 3.42. The number of nitrogens with one attached hydrogen (secondary N) is 1. The summed E-state index contributed by atoms with van der Waals surface area (Å²) in [5, 5.41) is 7.63. The topological polar surface area (TPSA) is 53.4 Å². The van der Waals surface area contributed by atoms with Gasteiger partial charge in [-0.25, -0.2) is 4.79 Å². The van der Waals surface area contributed by atoms with E-state index >= 15 is 0 Å². The van der Waals surface area contributed by atoms with E-state index in [9.17, 15) is 4.79 Å². The predicted molar refractivity (Wildman–Crippen MR) is 112 cm³/mol. The largest absolute Gasteiger partial charge is 0.336 e. The number of benzene rings is 1. The molecule has 0 saturated carbocycles. The first kappa shape index (κ1) is 20.4. The Morgan fingerprint density at radius 3 is 2.54 bits per heavy atom. The molecule has 1 aliphatic heterocycles. The highest BCUT2D eigenvalue weighted by molar-refractivity contribution is 5.75. The van der Waals surface area contributed by atoms with Crippen LogP contribution in [0.15, 0.2) is 24.3 Å². The summed E-state index contributed by atoms with van der Waals surface area (Å²) < 4.78 is 1.98. The summed E-state index contributed by atoms with van der Waals surface area (Å²) in [6, 6.07) is 8.90. The van der Waals surface area contributed by atoms with E-state index in [0.29, 0.717) is 13.1 Å². The monoisotopic (exact) mass is 383 g/mol. The van der Waals surface area contributed by atoms with Gasteiger partial charge in [-0.2, -0.15) is 5.10 Å². The lowest BCUT2D eigenvalue weighted by Gasteiger charge is -2.25. The van der Waals surface area contributed by atoms with Crippen molar-refractivity contribution in [2.75, 3.05) is 27.2 Å². The van der Waals surface area contributed by atoms with E-state index < -0.39 is 0 Å². The van der Waals surface area contributed by atoms with Crippen molar-refractivity contribution in [2.24, 2.45) is 0 Å². The van der Waals surface area contributed by atoms with Gasteiger partial charge >= 0.3 is 6.03 Å². The van der Waals surface area contributed by atoms with Crippen LogP contribution < -0.4 is 5.32 Å². The lowest BCUT2D eigenvalue weighted by molar-refractivity contribution is 0.192. The number of amides is 2. The van der Waals surface area contributed by atoms with Crippen LogP contribution in [0.4, 0.5) is 4.79 Å². The molecule has 1 saturated heterocycles. The van der Waals surface area contributed by atoms with Gasteiger partial charge in [0.25, 0.3) is 0 Å². The Hall–Kier alpha value is -2.34. The zero-order valence-corrected chi connectivity index (χ0v) is 17.8. The number of carbonyl (C=O) groups excluding carboxylic acids is 1. The smallest absolute Gasteiger partial charge is 0.317 e. The highest BCUT2D eigenvalue weighted by Gasteiger charge is 2.29. The number of hydrogen-bond acceptors (Lipinski definition) is 3. The van der Waals surface area contributed by atoms with Crippen LogP contribution in [0.1, 0.15) is 47.0 Å². The van der Waals surface area contributed by atoms with E-state index in [4.69, 9.17) is 0 Å². The van der Waals surface area contributed by atoms with Gasteiger partial charge in [0.05, 0.1) is 18.3 Å². The molecular weight excluding hydrogens is 350 g/mol. The van der Waals surface area contributed by atoms with Crippen LogP contribution in [-0.4, -0.2) is 52.8 Å². The van der Waals surface area contributed by atoms with Gasteiger partial charge in [0, 0.05) is 25.3 Å². The number of aryl methyl sites for hydroxylation is 1. The molecule has 0 radical (unpaired) electrons. The molecule has 2 aromatic rings. The van der Waals surface area contributed by atoms with E-state index in [1.165, 1.54) is 22.4 Å². The van der Waals surface area contributed by atoms with Gasteiger partial charge in [-0.15, -0.1) is 0 Å². The standard InChI is InChI=1S/C22H33N5O/c1-16-17(2)24-27(18(16)3)14-12-23-22(28)26-13-6-7-21(26)20-10-8-19(9-11-20)15-25(4)5/h8-11,21H,6-7,12-15H2,1-5H3,(H,23,28)/t21-/m0/s1. The zero-order chi connectivity index (χ0) is 20.3. The molecule has 1 aliphatic rings. The normalized spacial score (nSPS) is 16.8. The van der Waals surface area contributed by atoms with Crippen molar-refractivity contribution in [3.63, 3.8) is 0 Å². The van der Waals surface area contributed by atoms with Crippen molar-refractivity contribution in [1.82, 2.24) is 24.9 Å². The Morgan fingerprint density at radius 1 is 1.21 bits per heavy atom. The number of likely N-dealkylation sites (tertiary alicyclic amines) is 1. The van der Waals surface area contributed by atoms with E-state index in [2.05, 4.69) is 67.5 Å². The van der Waals surface area contributed by atoms with Crippen molar-refractivity contribution in [2.45, 2.75) is 52.7 Å². The van der Waals surface area contributed by atoms with Gasteiger partial charge in [-0.3, -0.25) is 4.68 Å². The molecule has 0 unspecified atom stereocenters. The fraction of sp³-hybridized carbons (Fsp3) is 0.545. The average Bonchev–Trinajstić information content (AvgIpc) is 3.23. The highest BCUT2D eigenvalue weighted by Crippen LogP contribution is 2.32. The van der Waals surface area contributed by atoms with Crippen LogP contribution in [0.25, 0.3) is 0 Å². The summed E-state index contributed by atoms with van der Waals surface area (Å²) in [6.45, 7) is 9.22. The first-order chi connectivity index (χ1) is 13.4. The maximum absolute atomic E-state index is 12.8. The number of aromatic nitrogens is 2. The second kappa shape index (κ2) is 8.78. The van der Waals surface area contributed by atoms with Crippen molar-refractivity contribution in [3.8, 4) is 0 Å². The van der Waals surface area contributed by atoms with E-state index in [1.807, 2.05) is 16.5 Å². The van der Waals surface area contributed by atoms with E-state index in [-0.39, 0.29) is 12.1 Å². The third-order valence-corrected chi connectivity index (χ3v) is 5.72. The molecule has 0 bridgehead atoms. The van der Waals surface area contributed by atoms with Crippen molar-refractivity contribution >= 4 is 6.03 Å². The third-order valence-electron chi connectivity index (χ3n) is 5.72. The van der Waals surface area contributed by atoms with Crippen molar-refractivity contribution in [3.05, 3.63) is 52.3 Å². The number of nitrogens with zero attached hydrogens (tertiary/aromatic N) is 4. The summed E-state index contributed by atoms with van der Waals surface area (Å²) in [4.78, 5) is 16.9. The van der Waals surface area contributed by atoms with Gasteiger partial charge in [-0.05, 0) is 64.4 Å². The fourth-order valence-electron chi connectivity index (χ4n) is 3.94. The molecular formula is C22H33N5O. The molecule has 152 valence electrons. The van der Waals surface area contributed by atoms with Crippen LogP contribution >= 0.6 is 0 Å². The second-order valence-electron chi connectivity index (χ2n) is 8.08. The zero-order valence-electron chi connectivity index (χ0n) is 17.8. The Kier molecular flexibility index (Phi) is 6.39. The Balaban J connectivity index is 1.57. The van der Waals surface area contributed by atoms with Crippen LogP contribution in [-0.2, 0) is 13.1 Å². The molecule has 1 fully saturated rings. The number of hydrogen-bond donors (Lipinski definition) is 1. The molecule has 1 aromatic carbocycles. The van der Waals surface area contributed by atoms with Crippen LogP contribution in [0.2, 0.25) is 0 Å². The molecule has 1 atom stereocenters. The Bertz CT molecular complexity index is 809. The second-order valence-corrected chi connectivity index (χ2v) is 8.08. The Labute approximate surface area is 168 Å². The van der Waals surface area contributed by atoms with Gasteiger partial charge in [-0.1, -0.05) is 24.3 Å². The minimum atomic E-state index is 0.0260. The van der Waals surface area contributed by atoms with E-state index in [0.717, 1.165) is 31.6 Å². The van der Waals surface area contributed by atoms with Gasteiger partial charge in [0.2, 0.25) is 0 Å². The van der Waals surface area contributed by atoms with Gasteiger partial charge in [0.15, 0.2) is 0 Å². The summed E-state index contributed by atoms with van der Waals surface area (Å²) in [5.74, 6) is 0. The molecule has 1 aromatic heterocycles. The summed E-state index contributed by atoms with van der Waals surface area (Å²) in [6.07, 6.45) is 2.07. The first-order valence-corrected chi connectivity index (χ1v) is 10.2. The van der Waals surface area contributed by atoms with Crippen LogP contribution in [0.5, 0.6) is 0 Å². The highest BCUT2D eigenvalue weighted by atomic mass is 16.2. The van der Waals surface area contributed by atoms with E-state index in [1.54, 1.807) is 0 Å². The molecule has 6 nitrogen and oxygen atoms in total. The Morgan fingerprint density at radius 2 is 1.93 bits per heavy atom. The minimum absolute atomic E-state index is 0.0260. The SMILES string of the molecule is Cc1nn(CCNC(=O)N2CCC[C@H]2c2ccc(CN(C)C)cc2)c(C)c1C. The maximum Gasteiger partial charge on any atom is 0.317 e. The van der Waals surface area contributed by atoms with Gasteiger partial charge in [0.1, 0.15) is 0 Å². The molecule has 2 amide bonds. The van der Waals surface area contributed by atoms with Crippen LogP contribution in [0, 0.1) is 20.8 Å². The number of carbonyl (C=O) groups is 1. The minimum Gasteiger partial charge on any atom is -0.336 e. The summed E-state index contributed by atoms with van der Waals surface area (Å²) in [5.41, 5.74) is 5.97. The molecule has 3 rings (SSSR count). The van der Waals surface area contributed by atoms with Crippen LogP contribution in [0.3, 0.4) is 0 Å². The summed E-state index contributed by atoms with van der Waals surface area (Å²) >= 11 is 0. The first-order valence-electron chi connectivity index (χ1n) is 10.2. The molecule has 28 heavy (non-hydrogen) atoms. The third kappa shape index (κ3) is 4.55. The number of urea groups is 1. The van der Waals surface area contributed by atoms with Crippen molar-refractivity contribution < 1.29 is 4.79 Å². The molecule has 0 aliphatic carbocycles. The average molecular weight is 384 g/mol. The lowest BCUT2D eigenvalue weighted by Crippen LogP contribution is -2.40. The quantitative estimate of drug-likeness (QED) is 0.832. The summed E-state index contributed by atoms with van der Waals surface area (Å²) in [7, 11) is 4.15. The maximum atomic E-state index is 12.8. The fourth-order valence-corrected chi connectivity index (χ4v) is 3.94. The van der Waals surface area contributed by atoms with Crippen molar-refractivity contribution in [1.29, 1.82) is 0 Å². The molecule has 0 spiro atoms. The molecule has 6 heteroatoms.